The minimum absolute atomic E-state index is 0.338. The van der Waals surface area contributed by atoms with Crippen LogP contribution in [0.25, 0.3) is 11.4 Å². The quantitative estimate of drug-likeness (QED) is 0.874. The lowest BCUT2D eigenvalue weighted by atomic mass is 10.2. The Hall–Kier alpha value is -1.46. The van der Waals surface area contributed by atoms with Crippen molar-refractivity contribution in [3.05, 3.63) is 35.1 Å². The molecule has 4 nitrogen and oxygen atoms in total. The van der Waals surface area contributed by atoms with Crippen molar-refractivity contribution in [2.75, 3.05) is 7.11 Å². The smallest absolute Gasteiger partial charge is 0.195 e. The molecule has 5 heteroatoms. The van der Waals surface area contributed by atoms with Gasteiger partial charge in [-0.15, -0.1) is 0 Å². The van der Waals surface area contributed by atoms with Crippen molar-refractivity contribution in [2.24, 2.45) is 0 Å². The molecular weight excluding hydrogens is 258 g/mol. The highest BCUT2D eigenvalue weighted by Crippen LogP contribution is 2.34. The third kappa shape index (κ3) is 2.35. The van der Waals surface area contributed by atoms with Gasteiger partial charge in [0.15, 0.2) is 10.6 Å². The monoisotopic (exact) mass is 275 g/mol. The summed E-state index contributed by atoms with van der Waals surface area (Å²) in [6, 6.07) is 10.5. The van der Waals surface area contributed by atoms with Crippen LogP contribution in [0, 0.1) is 4.77 Å². The molecule has 1 aromatic heterocycles. The lowest BCUT2D eigenvalue weighted by Gasteiger charge is -2.14. The van der Waals surface area contributed by atoms with Crippen molar-refractivity contribution < 1.29 is 4.74 Å². The summed E-state index contributed by atoms with van der Waals surface area (Å²) in [5.41, 5.74) is 1.09. The predicted octanol–water partition coefficient (Wildman–Crippen LogP) is 3.35. The minimum Gasteiger partial charge on any atom is -0.381 e. The van der Waals surface area contributed by atoms with E-state index < -0.39 is 0 Å². The number of benzene rings is 1. The summed E-state index contributed by atoms with van der Waals surface area (Å²) in [6.07, 6.45) is 3.52. The van der Waals surface area contributed by atoms with E-state index in [9.17, 15) is 0 Å². The van der Waals surface area contributed by atoms with Crippen LogP contribution >= 0.6 is 12.2 Å². The molecule has 1 N–H and O–H groups in total. The average Bonchev–Trinajstić information content (AvgIpc) is 3.05. The predicted molar refractivity (Wildman–Crippen MR) is 76.5 cm³/mol. The van der Waals surface area contributed by atoms with Crippen LogP contribution in [0.4, 0.5) is 0 Å². The van der Waals surface area contributed by atoms with Gasteiger partial charge in [-0.3, -0.25) is 9.67 Å². The van der Waals surface area contributed by atoms with E-state index in [-0.39, 0.29) is 0 Å². The Morgan fingerprint density at radius 2 is 2.11 bits per heavy atom. The molecule has 2 aromatic rings. The van der Waals surface area contributed by atoms with Crippen molar-refractivity contribution in [3.8, 4) is 11.4 Å². The maximum Gasteiger partial charge on any atom is 0.195 e. The molecule has 2 atom stereocenters. The van der Waals surface area contributed by atoms with Gasteiger partial charge in [0.05, 0.1) is 6.10 Å². The van der Waals surface area contributed by atoms with Gasteiger partial charge in [-0.05, 0) is 31.5 Å². The Bertz CT molecular complexity index is 605. The molecule has 2 unspecified atom stereocenters. The molecule has 0 radical (unpaired) electrons. The standard InChI is InChI=1S/C14H17N3OS/c1-18-12-8-7-11(9-12)17-13(15-16-14(17)19)10-5-3-2-4-6-10/h2-6,11-12H,7-9H2,1H3,(H,16,19). The molecule has 1 fully saturated rings. The first-order valence-electron chi connectivity index (χ1n) is 6.54. The van der Waals surface area contributed by atoms with Gasteiger partial charge < -0.3 is 4.74 Å². The highest BCUT2D eigenvalue weighted by molar-refractivity contribution is 7.71. The third-order valence-corrected chi connectivity index (χ3v) is 4.08. The van der Waals surface area contributed by atoms with E-state index in [1.807, 2.05) is 18.2 Å². The SMILES string of the molecule is COC1CCC(n2c(-c3ccccc3)n[nH]c2=S)C1. The van der Waals surface area contributed by atoms with Crippen molar-refractivity contribution in [2.45, 2.75) is 31.4 Å². The van der Waals surface area contributed by atoms with Crippen molar-refractivity contribution in [3.63, 3.8) is 0 Å². The van der Waals surface area contributed by atoms with Crippen LogP contribution in [0.5, 0.6) is 0 Å². The van der Waals surface area contributed by atoms with Crippen molar-refractivity contribution >= 4 is 12.2 Å². The van der Waals surface area contributed by atoms with Gasteiger partial charge in [0.1, 0.15) is 0 Å². The third-order valence-electron chi connectivity index (χ3n) is 3.79. The zero-order chi connectivity index (χ0) is 13.2. The van der Waals surface area contributed by atoms with Gasteiger partial charge in [-0.1, -0.05) is 30.3 Å². The summed E-state index contributed by atoms with van der Waals surface area (Å²) < 4.78 is 8.28. The molecule has 0 amide bonds. The number of aromatic amines is 1. The molecule has 0 spiro atoms. The van der Waals surface area contributed by atoms with Crippen LogP contribution in [-0.2, 0) is 4.74 Å². The summed E-state index contributed by atoms with van der Waals surface area (Å²) in [5.74, 6) is 0.923. The van der Waals surface area contributed by atoms with E-state index in [1.165, 1.54) is 0 Å². The van der Waals surface area contributed by atoms with Gasteiger partial charge in [0.25, 0.3) is 0 Å². The molecule has 19 heavy (non-hydrogen) atoms. The van der Waals surface area contributed by atoms with Gasteiger partial charge in [0.2, 0.25) is 0 Å². The van der Waals surface area contributed by atoms with Crippen LogP contribution in [0.2, 0.25) is 0 Å². The summed E-state index contributed by atoms with van der Waals surface area (Å²) in [5, 5.41) is 7.31. The number of rotatable bonds is 3. The lowest BCUT2D eigenvalue weighted by molar-refractivity contribution is 0.106. The van der Waals surface area contributed by atoms with Gasteiger partial charge >= 0.3 is 0 Å². The first-order valence-corrected chi connectivity index (χ1v) is 6.95. The second-order valence-electron chi connectivity index (χ2n) is 4.91. The Kier molecular flexibility index (Phi) is 3.48. The van der Waals surface area contributed by atoms with Gasteiger partial charge in [0, 0.05) is 18.7 Å². The van der Waals surface area contributed by atoms with Gasteiger partial charge in [-0.2, -0.15) is 5.10 Å². The second-order valence-corrected chi connectivity index (χ2v) is 5.30. The van der Waals surface area contributed by atoms with Crippen LogP contribution in [0.15, 0.2) is 30.3 Å². The molecule has 0 aliphatic heterocycles. The Labute approximate surface area is 117 Å². The van der Waals surface area contributed by atoms with Crippen molar-refractivity contribution in [1.82, 2.24) is 14.8 Å². The fraction of sp³-hybridized carbons (Fsp3) is 0.429. The molecule has 1 heterocycles. The first kappa shape index (κ1) is 12.6. The molecule has 1 aliphatic rings. The molecule has 100 valence electrons. The summed E-state index contributed by atoms with van der Waals surface area (Å²) in [4.78, 5) is 0. The number of H-pyrrole nitrogens is 1. The van der Waals surface area contributed by atoms with E-state index in [0.717, 1.165) is 30.7 Å². The molecular formula is C14H17N3OS. The maximum absolute atomic E-state index is 5.45. The highest BCUT2D eigenvalue weighted by Gasteiger charge is 2.28. The zero-order valence-electron chi connectivity index (χ0n) is 10.9. The number of nitrogens with one attached hydrogen (secondary N) is 1. The van der Waals surface area contributed by atoms with E-state index in [4.69, 9.17) is 17.0 Å². The number of ether oxygens (including phenoxy) is 1. The highest BCUT2D eigenvalue weighted by atomic mass is 32.1. The molecule has 0 saturated heterocycles. The number of aromatic nitrogens is 3. The molecule has 1 saturated carbocycles. The van der Waals surface area contributed by atoms with Crippen LogP contribution in [-0.4, -0.2) is 28.0 Å². The van der Waals surface area contributed by atoms with E-state index >= 15 is 0 Å². The summed E-state index contributed by atoms with van der Waals surface area (Å²) in [6.45, 7) is 0. The number of nitrogens with zero attached hydrogens (tertiary/aromatic N) is 2. The fourth-order valence-corrected chi connectivity index (χ4v) is 3.08. The molecule has 1 aromatic carbocycles. The number of hydrogen-bond donors (Lipinski definition) is 1. The Morgan fingerprint density at radius 3 is 2.79 bits per heavy atom. The van der Waals surface area contributed by atoms with E-state index in [0.29, 0.717) is 16.9 Å². The van der Waals surface area contributed by atoms with Crippen LogP contribution in [0.1, 0.15) is 25.3 Å². The summed E-state index contributed by atoms with van der Waals surface area (Å²) in [7, 11) is 1.78. The minimum atomic E-state index is 0.338. The zero-order valence-corrected chi connectivity index (χ0v) is 11.7. The van der Waals surface area contributed by atoms with E-state index in [1.54, 1.807) is 7.11 Å². The lowest BCUT2D eigenvalue weighted by Crippen LogP contribution is -2.10. The first-order chi connectivity index (χ1) is 9.29. The van der Waals surface area contributed by atoms with Crippen molar-refractivity contribution in [1.29, 1.82) is 0 Å². The van der Waals surface area contributed by atoms with E-state index in [2.05, 4.69) is 26.9 Å². The summed E-state index contributed by atoms with van der Waals surface area (Å²) >= 11 is 5.39. The largest absolute Gasteiger partial charge is 0.381 e. The molecule has 3 rings (SSSR count). The normalized spacial score (nSPS) is 22.8. The Morgan fingerprint density at radius 1 is 1.32 bits per heavy atom. The fourth-order valence-electron chi connectivity index (χ4n) is 2.80. The number of methoxy groups -OCH3 is 1. The topological polar surface area (TPSA) is 42.8 Å². The Balaban J connectivity index is 1.98. The molecule has 1 aliphatic carbocycles. The number of hydrogen-bond acceptors (Lipinski definition) is 3. The maximum atomic E-state index is 5.45. The van der Waals surface area contributed by atoms with Crippen LogP contribution < -0.4 is 0 Å². The second kappa shape index (κ2) is 5.27. The molecule has 0 bridgehead atoms. The van der Waals surface area contributed by atoms with Gasteiger partial charge in [-0.25, -0.2) is 0 Å². The van der Waals surface area contributed by atoms with Crippen LogP contribution in [0.3, 0.4) is 0 Å². The average molecular weight is 275 g/mol.